The van der Waals surface area contributed by atoms with Crippen molar-refractivity contribution in [2.75, 3.05) is 39.2 Å². The summed E-state index contributed by atoms with van der Waals surface area (Å²) >= 11 is 1.62. The summed E-state index contributed by atoms with van der Waals surface area (Å²) in [5, 5.41) is 4.95. The Bertz CT molecular complexity index is 1130. The third-order valence-electron chi connectivity index (χ3n) is 6.10. The van der Waals surface area contributed by atoms with Crippen LogP contribution in [0, 0.1) is 6.92 Å². The number of nitrogens with one attached hydrogen (secondary N) is 1. The summed E-state index contributed by atoms with van der Waals surface area (Å²) < 4.78 is 10.8. The number of benzene rings is 2. The van der Waals surface area contributed by atoms with Crippen LogP contribution in [0.5, 0.6) is 11.5 Å². The Kier molecular flexibility index (Phi) is 10.8. The monoisotopic (exact) mass is 523 g/mol. The van der Waals surface area contributed by atoms with Crippen molar-refractivity contribution in [3.8, 4) is 11.5 Å². The normalized spacial score (nSPS) is 10.6. The Hall–Kier alpha value is -3.52. The van der Waals surface area contributed by atoms with E-state index in [1.54, 1.807) is 30.5 Å². The molecule has 0 aliphatic heterocycles. The van der Waals surface area contributed by atoms with Crippen molar-refractivity contribution in [1.29, 1.82) is 0 Å². The van der Waals surface area contributed by atoms with Crippen LogP contribution in [0.15, 0.2) is 60.0 Å². The Morgan fingerprint density at radius 1 is 0.946 bits per heavy atom. The molecule has 3 rings (SSSR count). The number of amides is 3. The number of urea groups is 1. The van der Waals surface area contributed by atoms with Gasteiger partial charge in [0.05, 0.1) is 20.8 Å². The zero-order valence-corrected chi connectivity index (χ0v) is 23.0. The highest BCUT2D eigenvalue weighted by atomic mass is 32.1. The first-order valence-corrected chi connectivity index (χ1v) is 13.4. The minimum absolute atomic E-state index is 0.0228. The summed E-state index contributed by atoms with van der Waals surface area (Å²) in [6, 6.07) is 17.2. The maximum atomic E-state index is 13.6. The molecule has 0 aliphatic carbocycles. The van der Waals surface area contributed by atoms with Crippen molar-refractivity contribution < 1.29 is 19.1 Å². The minimum Gasteiger partial charge on any atom is -0.493 e. The Morgan fingerprint density at radius 2 is 1.70 bits per heavy atom. The molecule has 198 valence electrons. The Labute approximate surface area is 224 Å². The van der Waals surface area contributed by atoms with Crippen LogP contribution in [-0.2, 0) is 17.8 Å². The second-order valence-electron chi connectivity index (χ2n) is 8.91. The molecule has 1 aromatic heterocycles. The van der Waals surface area contributed by atoms with E-state index in [4.69, 9.17) is 9.47 Å². The summed E-state index contributed by atoms with van der Waals surface area (Å²) in [6.07, 6.45) is 2.41. The highest BCUT2D eigenvalue weighted by Gasteiger charge is 2.22. The molecule has 0 saturated carbocycles. The van der Waals surface area contributed by atoms with Gasteiger partial charge in [-0.2, -0.15) is 0 Å². The zero-order chi connectivity index (χ0) is 26.6. The molecule has 8 heteroatoms. The Morgan fingerprint density at radius 3 is 2.35 bits per heavy atom. The zero-order valence-electron chi connectivity index (χ0n) is 22.2. The fourth-order valence-electron chi connectivity index (χ4n) is 3.89. The lowest BCUT2D eigenvalue weighted by atomic mass is 10.1. The molecule has 0 aliphatic rings. The molecule has 1 N–H and O–H groups in total. The summed E-state index contributed by atoms with van der Waals surface area (Å²) in [4.78, 5) is 31.2. The highest BCUT2D eigenvalue weighted by molar-refractivity contribution is 7.09. The number of anilines is 1. The van der Waals surface area contributed by atoms with Crippen molar-refractivity contribution in [2.24, 2.45) is 0 Å². The highest BCUT2D eigenvalue weighted by Crippen LogP contribution is 2.28. The van der Waals surface area contributed by atoms with Gasteiger partial charge in [0, 0.05) is 23.7 Å². The van der Waals surface area contributed by atoms with Gasteiger partial charge in [0.15, 0.2) is 11.5 Å². The number of hydrogen-bond donors (Lipinski definition) is 1. The number of nitrogens with zero attached hydrogens (tertiary/aromatic N) is 2. The number of carbonyl (C=O) groups excluding carboxylic acids is 2. The van der Waals surface area contributed by atoms with E-state index in [9.17, 15) is 9.59 Å². The summed E-state index contributed by atoms with van der Waals surface area (Å²) in [7, 11) is 3.22. The van der Waals surface area contributed by atoms with Gasteiger partial charge in [0.1, 0.15) is 6.54 Å². The molecule has 0 fully saturated rings. The lowest BCUT2D eigenvalue weighted by molar-refractivity contribution is -0.132. The van der Waals surface area contributed by atoms with Gasteiger partial charge < -0.3 is 24.6 Å². The molecular formula is C29H37N3O4S. The smallest absolute Gasteiger partial charge is 0.322 e. The first kappa shape index (κ1) is 28.1. The number of carbonyl (C=O) groups is 2. The largest absolute Gasteiger partial charge is 0.493 e. The molecule has 0 spiro atoms. The van der Waals surface area contributed by atoms with Crippen molar-refractivity contribution >= 4 is 29.0 Å². The van der Waals surface area contributed by atoms with Crippen LogP contribution in [0.25, 0.3) is 0 Å². The van der Waals surface area contributed by atoms with Crippen LogP contribution in [0.4, 0.5) is 10.5 Å². The van der Waals surface area contributed by atoms with E-state index in [-0.39, 0.29) is 18.5 Å². The van der Waals surface area contributed by atoms with Gasteiger partial charge in [0.2, 0.25) is 5.91 Å². The molecule has 3 aromatic rings. The number of methoxy groups -OCH3 is 2. The third-order valence-corrected chi connectivity index (χ3v) is 6.96. The van der Waals surface area contributed by atoms with Crippen molar-refractivity contribution in [3.05, 3.63) is 76.0 Å². The molecular weight excluding hydrogens is 486 g/mol. The number of thiophene rings is 1. The van der Waals surface area contributed by atoms with Crippen molar-refractivity contribution in [2.45, 2.75) is 39.7 Å². The lowest BCUT2D eigenvalue weighted by Gasteiger charge is -2.28. The molecule has 7 nitrogen and oxygen atoms in total. The van der Waals surface area contributed by atoms with Crippen LogP contribution >= 0.6 is 11.3 Å². The molecule has 37 heavy (non-hydrogen) atoms. The van der Waals surface area contributed by atoms with E-state index in [1.165, 1.54) is 0 Å². The number of ether oxygens (including phenoxy) is 2. The molecule has 2 aromatic carbocycles. The summed E-state index contributed by atoms with van der Waals surface area (Å²) in [5.74, 6) is 1.25. The number of unbranched alkanes of at least 4 members (excludes halogenated alkanes) is 1. The van der Waals surface area contributed by atoms with Crippen LogP contribution in [0.1, 0.15) is 35.8 Å². The van der Waals surface area contributed by atoms with E-state index in [2.05, 4.69) is 12.2 Å². The van der Waals surface area contributed by atoms with Crippen LogP contribution in [-0.4, -0.2) is 55.6 Å². The second kappa shape index (κ2) is 14.3. The van der Waals surface area contributed by atoms with Gasteiger partial charge in [-0.15, -0.1) is 11.3 Å². The lowest BCUT2D eigenvalue weighted by Crippen LogP contribution is -2.45. The third kappa shape index (κ3) is 8.53. The second-order valence-corrected chi connectivity index (χ2v) is 9.94. The van der Waals surface area contributed by atoms with Crippen LogP contribution in [0.2, 0.25) is 0 Å². The number of aryl methyl sites for hydroxylation is 1. The molecule has 1 heterocycles. The molecule has 0 saturated heterocycles. The van der Waals surface area contributed by atoms with Crippen LogP contribution in [0.3, 0.4) is 0 Å². The predicted molar refractivity (Wildman–Crippen MR) is 150 cm³/mol. The fourth-order valence-corrected chi connectivity index (χ4v) is 4.61. The average molecular weight is 524 g/mol. The molecule has 3 amide bonds. The molecule has 0 bridgehead atoms. The summed E-state index contributed by atoms with van der Waals surface area (Å²) in [6.45, 7) is 5.64. The first-order valence-electron chi connectivity index (χ1n) is 12.6. The minimum atomic E-state index is -0.262. The van der Waals surface area contributed by atoms with Gasteiger partial charge >= 0.3 is 6.03 Å². The standard InChI is InChI=1S/C29H37N3O4S/c1-5-6-16-32(29(34)30-24-12-9-22(2)10-13-24)21-28(33)31(20-25-8-7-18-37-25)17-15-23-11-14-26(35-3)27(19-23)36-4/h7-14,18-19H,5-6,15-17,20-21H2,1-4H3,(H,30,34). The van der Waals surface area contributed by atoms with Crippen LogP contribution < -0.4 is 14.8 Å². The van der Waals surface area contributed by atoms with E-state index < -0.39 is 0 Å². The van der Waals surface area contributed by atoms with E-state index in [1.807, 2.05) is 71.8 Å². The summed E-state index contributed by atoms with van der Waals surface area (Å²) in [5.41, 5.74) is 2.88. The quantitative estimate of drug-likeness (QED) is 0.299. The molecule has 0 radical (unpaired) electrons. The number of hydrogen-bond acceptors (Lipinski definition) is 5. The maximum Gasteiger partial charge on any atom is 0.322 e. The van der Waals surface area contributed by atoms with Gasteiger partial charge in [0.25, 0.3) is 0 Å². The van der Waals surface area contributed by atoms with Gasteiger partial charge in [-0.05, 0) is 61.0 Å². The molecule has 0 unspecified atom stereocenters. The van der Waals surface area contributed by atoms with E-state index in [0.717, 1.165) is 28.8 Å². The van der Waals surface area contributed by atoms with Crippen molar-refractivity contribution in [1.82, 2.24) is 9.80 Å². The SMILES string of the molecule is CCCCN(CC(=O)N(CCc1ccc(OC)c(OC)c1)Cc1cccs1)C(=O)Nc1ccc(C)cc1. The van der Waals surface area contributed by atoms with Crippen molar-refractivity contribution in [3.63, 3.8) is 0 Å². The van der Waals surface area contributed by atoms with Gasteiger partial charge in [-0.25, -0.2) is 4.79 Å². The van der Waals surface area contributed by atoms with E-state index >= 15 is 0 Å². The Balaban J connectivity index is 1.72. The fraction of sp³-hybridized carbons (Fsp3) is 0.379. The van der Waals surface area contributed by atoms with Gasteiger partial charge in [-0.3, -0.25) is 4.79 Å². The number of rotatable bonds is 13. The topological polar surface area (TPSA) is 71.1 Å². The maximum absolute atomic E-state index is 13.6. The first-order chi connectivity index (χ1) is 17.9. The predicted octanol–water partition coefficient (Wildman–Crippen LogP) is 5.98. The van der Waals surface area contributed by atoms with E-state index in [0.29, 0.717) is 43.2 Å². The molecule has 0 atom stereocenters. The average Bonchev–Trinajstić information content (AvgIpc) is 3.43. The van der Waals surface area contributed by atoms with Gasteiger partial charge in [-0.1, -0.05) is 43.2 Å².